The zero-order valence-corrected chi connectivity index (χ0v) is 27.4. The summed E-state index contributed by atoms with van der Waals surface area (Å²) in [6.07, 6.45) is 8.07. The van der Waals surface area contributed by atoms with Gasteiger partial charge in [0.15, 0.2) is 0 Å². The molecular formula is C27H67N10O8+. The third-order valence-electron chi connectivity index (χ3n) is 5.23. The van der Waals surface area contributed by atoms with Crippen molar-refractivity contribution < 1.29 is 56.8 Å². The highest BCUT2D eigenvalue weighted by Gasteiger charge is 2.13. The van der Waals surface area contributed by atoms with Crippen LogP contribution in [0.15, 0.2) is 0 Å². The molecule has 0 aromatic rings. The number of aliphatic carboxylic acids is 4. The SMILES string of the molecule is NCCCCNC(CC(=O)O)C(=O)[O-].NCCCC[NH3+].NCCCC[NH3+].NCCCC[NH3+].NCCCNC(CC(=O)O)C(=O)[O-]. The summed E-state index contributed by atoms with van der Waals surface area (Å²) in [5, 5.41) is 42.6. The van der Waals surface area contributed by atoms with Crippen LogP contribution in [0.3, 0.4) is 0 Å². The van der Waals surface area contributed by atoms with E-state index in [1.165, 1.54) is 19.3 Å². The number of carboxylic acids is 4. The Morgan fingerprint density at radius 1 is 0.511 bits per heavy atom. The molecular weight excluding hydrogens is 592 g/mol. The van der Waals surface area contributed by atoms with E-state index < -0.39 is 48.8 Å². The van der Waals surface area contributed by atoms with Crippen molar-refractivity contribution in [2.75, 3.05) is 65.4 Å². The van der Waals surface area contributed by atoms with Crippen LogP contribution in [0, 0.1) is 0 Å². The average molecular weight is 660 g/mol. The molecule has 0 bridgehead atoms. The lowest BCUT2D eigenvalue weighted by Crippen LogP contribution is -2.50. The van der Waals surface area contributed by atoms with Crippen molar-refractivity contribution >= 4 is 23.9 Å². The molecule has 0 saturated carbocycles. The minimum absolute atomic E-state index is 0.377. The number of rotatable bonds is 24. The number of hydrogen-bond donors (Lipinski definition) is 12. The Hall–Kier alpha value is -2.52. The highest BCUT2D eigenvalue weighted by atomic mass is 16.4. The van der Waals surface area contributed by atoms with Gasteiger partial charge < -0.3 is 86.5 Å². The quantitative estimate of drug-likeness (QED) is 0.0428. The number of hydrogen-bond acceptors (Lipinski definition) is 13. The van der Waals surface area contributed by atoms with Crippen molar-refractivity contribution in [3.8, 4) is 0 Å². The zero-order valence-electron chi connectivity index (χ0n) is 27.4. The molecule has 23 N–H and O–H groups in total. The Balaban J connectivity index is -0.000000157. The van der Waals surface area contributed by atoms with Crippen molar-refractivity contribution in [3.63, 3.8) is 0 Å². The molecule has 0 amide bonds. The van der Waals surface area contributed by atoms with Crippen LogP contribution < -0.4 is 66.7 Å². The third kappa shape index (κ3) is 57.7. The van der Waals surface area contributed by atoms with E-state index >= 15 is 0 Å². The Labute approximate surface area is 268 Å². The Kier molecular flexibility index (Phi) is 53.1. The number of carbonyl (C=O) groups excluding carboxylic acids is 2. The van der Waals surface area contributed by atoms with Crippen molar-refractivity contribution in [2.45, 2.75) is 82.7 Å². The van der Waals surface area contributed by atoms with Gasteiger partial charge in [-0.3, -0.25) is 9.59 Å². The van der Waals surface area contributed by atoms with Gasteiger partial charge in [0.2, 0.25) is 0 Å². The largest absolute Gasteiger partial charge is 0.548 e. The van der Waals surface area contributed by atoms with Crippen molar-refractivity contribution in [3.05, 3.63) is 0 Å². The summed E-state index contributed by atoms with van der Waals surface area (Å²) in [4.78, 5) is 41.2. The zero-order chi connectivity index (χ0) is 35.7. The van der Waals surface area contributed by atoms with Crippen molar-refractivity contribution in [1.29, 1.82) is 0 Å². The van der Waals surface area contributed by atoms with Crippen molar-refractivity contribution in [2.24, 2.45) is 28.7 Å². The molecule has 18 heteroatoms. The second-order valence-electron chi connectivity index (χ2n) is 9.53. The molecule has 0 fully saturated rings. The monoisotopic (exact) mass is 660 g/mol. The van der Waals surface area contributed by atoms with Gasteiger partial charge in [0, 0.05) is 0 Å². The molecule has 0 rings (SSSR count). The van der Waals surface area contributed by atoms with E-state index in [-0.39, 0.29) is 0 Å². The smallest absolute Gasteiger partial charge is 0.305 e. The molecule has 45 heavy (non-hydrogen) atoms. The Morgan fingerprint density at radius 2 is 0.778 bits per heavy atom. The van der Waals surface area contributed by atoms with Crippen LogP contribution >= 0.6 is 0 Å². The minimum atomic E-state index is -1.40. The minimum Gasteiger partial charge on any atom is -0.548 e. The van der Waals surface area contributed by atoms with Gasteiger partial charge in [0.1, 0.15) is 0 Å². The predicted molar refractivity (Wildman–Crippen MR) is 168 cm³/mol. The number of carbonyl (C=O) groups is 4. The fourth-order valence-electron chi connectivity index (χ4n) is 2.71. The number of quaternary nitrogens is 3. The molecule has 0 aromatic carbocycles. The third-order valence-corrected chi connectivity index (χ3v) is 5.23. The van der Waals surface area contributed by atoms with Gasteiger partial charge in [-0.05, 0) is 104 Å². The highest BCUT2D eigenvalue weighted by molar-refractivity contribution is 5.79. The summed E-state index contributed by atoms with van der Waals surface area (Å²) in [5.74, 6) is -5.13. The number of unbranched alkanes of at least 4 members (excludes halogenated alkanes) is 4. The predicted octanol–water partition coefficient (Wildman–Crippen LogP) is -7.67. The molecule has 18 nitrogen and oxygen atoms in total. The molecule has 0 spiro atoms. The van der Waals surface area contributed by atoms with Gasteiger partial charge in [-0.2, -0.15) is 0 Å². The van der Waals surface area contributed by atoms with Crippen LogP contribution in [0.4, 0.5) is 0 Å². The van der Waals surface area contributed by atoms with E-state index in [9.17, 15) is 29.4 Å². The van der Waals surface area contributed by atoms with Crippen LogP contribution in [0.25, 0.3) is 0 Å². The molecule has 0 aromatic heterocycles. The molecule has 272 valence electrons. The van der Waals surface area contributed by atoms with E-state index in [0.29, 0.717) is 32.6 Å². The van der Waals surface area contributed by atoms with Gasteiger partial charge >= 0.3 is 11.9 Å². The van der Waals surface area contributed by atoms with E-state index in [4.69, 9.17) is 38.9 Å². The fourth-order valence-corrected chi connectivity index (χ4v) is 2.71. The maximum absolute atomic E-state index is 10.4. The fraction of sp³-hybridized carbons (Fsp3) is 0.852. The second-order valence-corrected chi connectivity index (χ2v) is 9.53. The van der Waals surface area contributed by atoms with Gasteiger partial charge in [0.25, 0.3) is 0 Å². The highest BCUT2D eigenvalue weighted by Crippen LogP contribution is 1.93. The van der Waals surface area contributed by atoms with Gasteiger partial charge in [0.05, 0.1) is 56.5 Å². The van der Waals surface area contributed by atoms with Crippen LogP contribution in [-0.4, -0.2) is 112 Å². The standard InChI is InChI=1S/C8H16N2O4.C7H14N2O4.3C4H12N2/c9-3-1-2-4-10-6(8(13)14)5-7(11)12;8-2-1-3-9-5(7(12)13)4-6(10)11;3*5-3-1-2-4-6/h6,10H,1-5,9H2,(H,11,12)(H,13,14);5,9H,1-4,8H2,(H,10,11)(H,12,13);3*1-6H2/p+1. The number of nitrogens with two attached hydrogens (primary N) is 5. The van der Waals surface area contributed by atoms with E-state index in [1.807, 2.05) is 0 Å². The molecule has 0 heterocycles. The lowest BCUT2D eigenvalue weighted by atomic mass is 10.2. The lowest BCUT2D eigenvalue weighted by Gasteiger charge is -2.17. The average Bonchev–Trinajstić information content (AvgIpc) is 2.99. The lowest BCUT2D eigenvalue weighted by molar-refractivity contribution is -0.368. The summed E-state index contributed by atoms with van der Waals surface area (Å²) >= 11 is 0. The van der Waals surface area contributed by atoms with Crippen LogP contribution in [0.2, 0.25) is 0 Å². The summed E-state index contributed by atoms with van der Waals surface area (Å²) in [6, 6.07) is -2.26. The maximum atomic E-state index is 10.4. The Bertz CT molecular complexity index is 622. The van der Waals surface area contributed by atoms with Gasteiger partial charge in [-0.15, -0.1) is 0 Å². The molecule has 0 aliphatic rings. The van der Waals surface area contributed by atoms with Gasteiger partial charge in [-0.1, -0.05) is 0 Å². The van der Waals surface area contributed by atoms with Crippen LogP contribution in [0.1, 0.15) is 70.6 Å². The van der Waals surface area contributed by atoms with E-state index in [0.717, 1.165) is 71.4 Å². The molecule has 0 saturated heterocycles. The summed E-state index contributed by atoms with van der Waals surface area (Å²) in [5.41, 5.74) is 37.0. The van der Waals surface area contributed by atoms with Gasteiger partial charge in [-0.25, -0.2) is 0 Å². The first-order valence-corrected chi connectivity index (χ1v) is 15.6. The van der Waals surface area contributed by atoms with E-state index in [1.54, 1.807) is 0 Å². The topological polar surface area (TPSA) is 392 Å². The first kappa shape index (κ1) is 52.0. The number of carboxylic acid groups (broad SMARTS) is 4. The first-order chi connectivity index (χ1) is 21.4. The second kappa shape index (κ2) is 45.9. The van der Waals surface area contributed by atoms with Crippen LogP contribution in [0.5, 0.6) is 0 Å². The maximum Gasteiger partial charge on any atom is 0.305 e. The normalized spacial score (nSPS) is 11.0. The molecule has 2 atom stereocenters. The summed E-state index contributed by atoms with van der Waals surface area (Å²) in [6.45, 7) is 7.30. The Morgan fingerprint density at radius 3 is 0.978 bits per heavy atom. The molecule has 2 unspecified atom stereocenters. The first-order valence-electron chi connectivity index (χ1n) is 15.6. The molecule has 0 radical (unpaired) electrons. The summed E-state index contributed by atoms with van der Waals surface area (Å²) in [7, 11) is 0. The number of nitrogens with one attached hydrogen (secondary N) is 2. The van der Waals surface area contributed by atoms with Crippen LogP contribution in [-0.2, 0) is 19.2 Å². The van der Waals surface area contributed by atoms with Crippen molar-refractivity contribution in [1.82, 2.24) is 10.6 Å². The van der Waals surface area contributed by atoms with E-state index in [2.05, 4.69) is 27.8 Å². The molecule has 0 aliphatic heterocycles. The molecule has 0 aliphatic carbocycles. The summed E-state index contributed by atoms with van der Waals surface area (Å²) < 4.78 is 0.